The first-order chi connectivity index (χ1) is 9.11. The van der Waals surface area contributed by atoms with Gasteiger partial charge in [0.25, 0.3) is 0 Å². The molecule has 1 rings (SSSR count). The standard InChI is InChI=1S/C12H21ClN4O2/c1-4-7-18-8-5-6-14-11-15-10(13)16-12(17-11)19-9(2)3/h9H,4-8H2,1-3H3,(H,14,15,16,17). The summed E-state index contributed by atoms with van der Waals surface area (Å²) >= 11 is 5.81. The van der Waals surface area contributed by atoms with E-state index in [1.807, 2.05) is 13.8 Å². The van der Waals surface area contributed by atoms with Gasteiger partial charge in [0.05, 0.1) is 6.10 Å². The highest BCUT2D eigenvalue weighted by molar-refractivity contribution is 6.28. The molecule has 0 amide bonds. The van der Waals surface area contributed by atoms with E-state index in [4.69, 9.17) is 21.1 Å². The number of ether oxygens (including phenoxy) is 2. The highest BCUT2D eigenvalue weighted by Gasteiger charge is 2.07. The molecular formula is C12H21ClN4O2. The summed E-state index contributed by atoms with van der Waals surface area (Å²) in [6, 6.07) is 0.236. The van der Waals surface area contributed by atoms with Crippen LogP contribution < -0.4 is 10.1 Å². The molecule has 19 heavy (non-hydrogen) atoms. The normalized spacial score (nSPS) is 10.8. The maximum absolute atomic E-state index is 5.81. The van der Waals surface area contributed by atoms with Crippen LogP contribution in [0.2, 0.25) is 5.28 Å². The van der Waals surface area contributed by atoms with Crippen LogP contribution in [0.5, 0.6) is 6.01 Å². The Hall–Kier alpha value is -1.14. The van der Waals surface area contributed by atoms with E-state index < -0.39 is 0 Å². The Balaban J connectivity index is 2.38. The first-order valence-corrected chi connectivity index (χ1v) is 6.89. The Labute approximate surface area is 118 Å². The predicted molar refractivity (Wildman–Crippen MR) is 74.8 cm³/mol. The third-order valence-electron chi connectivity index (χ3n) is 2.03. The summed E-state index contributed by atoms with van der Waals surface area (Å²) in [6.45, 7) is 8.11. The lowest BCUT2D eigenvalue weighted by Crippen LogP contribution is -2.13. The molecule has 0 fully saturated rings. The number of rotatable bonds is 9. The lowest BCUT2D eigenvalue weighted by molar-refractivity contribution is 0.134. The zero-order valence-electron chi connectivity index (χ0n) is 11.6. The predicted octanol–water partition coefficient (Wildman–Crippen LogP) is 2.54. The lowest BCUT2D eigenvalue weighted by Gasteiger charge is -2.09. The second-order valence-electron chi connectivity index (χ2n) is 4.27. The molecule has 0 aliphatic rings. The Bertz CT molecular complexity index is 377. The van der Waals surface area contributed by atoms with Gasteiger partial charge in [-0.2, -0.15) is 15.0 Å². The van der Waals surface area contributed by atoms with Crippen molar-refractivity contribution in [2.75, 3.05) is 25.1 Å². The van der Waals surface area contributed by atoms with E-state index in [0.717, 1.165) is 26.1 Å². The van der Waals surface area contributed by atoms with Crippen LogP contribution in [-0.2, 0) is 4.74 Å². The SMILES string of the molecule is CCCOCCCNc1nc(Cl)nc(OC(C)C)n1. The van der Waals surface area contributed by atoms with Gasteiger partial charge in [-0.1, -0.05) is 6.92 Å². The maximum Gasteiger partial charge on any atom is 0.322 e. The third-order valence-corrected chi connectivity index (χ3v) is 2.19. The summed E-state index contributed by atoms with van der Waals surface area (Å²) in [5.41, 5.74) is 0. The van der Waals surface area contributed by atoms with Crippen molar-refractivity contribution in [1.82, 2.24) is 15.0 Å². The molecule has 7 heteroatoms. The molecule has 0 saturated carbocycles. The number of hydrogen-bond acceptors (Lipinski definition) is 6. The third kappa shape index (κ3) is 7.12. The molecule has 1 heterocycles. The molecule has 0 unspecified atom stereocenters. The van der Waals surface area contributed by atoms with Crippen LogP contribution >= 0.6 is 11.6 Å². The van der Waals surface area contributed by atoms with E-state index in [-0.39, 0.29) is 17.4 Å². The summed E-state index contributed by atoms with van der Waals surface area (Å²) in [5, 5.41) is 3.19. The van der Waals surface area contributed by atoms with Crippen LogP contribution in [0.15, 0.2) is 0 Å². The van der Waals surface area contributed by atoms with Gasteiger partial charge in [-0.15, -0.1) is 0 Å². The topological polar surface area (TPSA) is 69.2 Å². The van der Waals surface area contributed by atoms with Crippen molar-refractivity contribution in [2.24, 2.45) is 0 Å². The van der Waals surface area contributed by atoms with E-state index in [2.05, 4.69) is 27.2 Å². The summed E-state index contributed by atoms with van der Waals surface area (Å²) in [4.78, 5) is 12.0. The molecule has 108 valence electrons. The van der Waals surface area contributed by atoms with Crippen LogP contribution in [0.3, 0.4) is 0 Å². The van der Waals surface area contributed by atoms with Gasteiger partial charge in [0.2, 0.25) is 11.2 Å². The largest absolute Gasteiger partial charge is 0.461 e. The molecule has 0 atom stereocenters. The quantitative estimate of drug-likeness (QED) is 0.704. The number of halogens is 1. The maximum atomic E-state index is 5.81. The van der Waals surface area contributed by atoms with E-state index >= 15 is 0 Å². The van der Waals surface area contributed by atoms with Crippen molar-refractivity contribution in [3.8, 4) is 6.01 Å². The van der Waals surface area contributed by atoms with Gasteiger partial charge in [0, 0.05) is 19.8 Å². The monoisotopic (exact) mass is 288 g/mol. The highest BCUT2D eigenvalue weighted by Crippen LogP contribution is 2.12. The molecule has 0 aliphatic heterocycles. The van der Waals surface area contributed by atoms with Crippen molar-refractivity contribution in [2.45, 2.75) is 39.7 Å². The second-order valence-corrected chi connectivity index (χ2v) is 4.61. The van der Waals surface area contributed by atoms with Gasteiger partial charge in [-0.3, -0.25) is 0 Å². The first kappa shape index (κ1) is 15.9. The molecule has 0 spiro atoms. The van der Waals surface area contributed by atoms with Gasteiger partial charge in [0.1, 0.15) is 0 Å². The molecule has 0 aliphatic carbocycles. The fourth-order valence-corrected chi connectivity index (χ4v) is 1.45. The Morgan fingerprint density at radius 1 is 1.21 bits per heavy atom. The molecule has 1 aromatic heterocycles. The van der Waals surface area contributed by atoms with E-state index in [9.17, 15) is 0 Å². The first-order valence-electron chi connectivity index (χ1n) is 6.51. The summed E-state index contributed by atoms with van der Waals surface area (Å²) < 4.78 is 10.8. The molecular weight excluding hydrogens is 268 g/mol. The highest BCUT2D eigenvalue weighted by atomic mass is 35.5. The van der Waals surface area contributed by atoms with Crippen molar-refractivity contribution in [1.29, 1.82) is 0 Å². The van der Waals surface area contributed by atoms with Crippen LogP contribution in [0, 0.1) is 0 Å². The van der Waals surface area contributed by atoms with E-state index in [1.165, 1.54) is 0 Å². The second kappa shape index (κ2) is 8.87. The minimum Gasteiger partial charge on any atom is -0.461 e. The average molecular weight is 289 g/mol. The van der Waals surface area contributed by atoms with Crippen molar-refractivity contribution in [3.05, 3.63) is 5.28 Å². The lowest BCUT2D eigenvalue weighted by atomic mass is 10.4. The minimum absolute atomic E-state index is 0.00578. The van der Waals surface area contributed by atoms with Gasteiger partial charge < -0.3 is 14.8 Å². The Morgan fingerprint density at radius 3 is 2.68 bits per heavy atom. The molecule has 1 aromatic rings. The average Bonchev–Trinajstić information content (AvgIpc) is 2.32. The molecule has 1 N–H and O–H groups in total. The Morgan fingerprint density at radius 2 is 2.00 bits per heavy atom. The number of nitrogens with zero attached hydrogens (tertiary/aromatic N) is 3. The van der Waals surface area contributed by atoms with Gasteiger partial charge >= 0.3 is 6.01 Å². The van der Waals surface area contributed by atoms with Gasteiger partial charge in [-0.05, 0) is 38.3 Å². The van der Waals surface area contributed by atoms with Crippen LogP contribution in [-0.4, -0.2) is 40.8 Å². The van der Waals surface area contributed by atoms with Crippen LogP contribution in [0.1, 0.15) is 33.6 Å². The van der Waals surface area contributed by atoms with Crippen molar-refractivity contribution >= 4 is 17.5 Å². The molecule has 0 bridgehead atoms. The van der Waals surface area contributed by atoms with Crippen molar-refractivity contribution < 1.29 is 9.47 Å². The number of hydrogen-bond donors (Lipinski definition) is 1. The number of nitrogens with one attached hydrogen (secondary N) is 1. The fraction of sp³-hybridized carbons (Fsp3) is 0.750. The van der Waals surface area contributed by atoms with Gasteiger partial charge in [-0.25, -0.2) is 0 Å². The molecule has 0 saturated heterocycles. The van der Waals surface area contributed by atoms with E-state index in [0.29, 0.717) is 12.5 Å². The smallest absolute Gasteiger partial charge is 0.322 e. The molecule has 0 radical (unpaired) electrons. The summed E-state index contributed by atoms with van der Waals surface area (Å²) in [7, 11) is 0. The number of aromatic nitrogens is 3. The summed E-state index contributed by atoms with van der Waals surface area (Å²) in [6.07, 6.45) is 1.91. The van der Waals surface area contributed by atoms with Gasteiger partial charge in [0.15, 0.2) is 0 Å². The van der Waals surface area contributed by atoms with E-state index in [1.54, 1.807) is 0 Å². The molecule has 6 nitrogen and oxygen atoms in total. The minimum atomic E-state index is -0.00578. The Kier molecular flexibility index (Phi) is 7.43. The number of anilines is 1. The summed E-state index contributed by atoms with van der Waals surface area (Å²) in [5.74, 6) is 0.422. The fourth-order valence-electron chi connectivity index (χ4n) is 1.30. The zero-order valence-corrected chi connectivity index (χ0v) is 12.4. The molecule has 0 aromatic carbocycles. The zero-order chi connectivity index (χ0) is 14.1. The van der Waals surface area contributed by atoms with Crippen LogP contribution in [0.25, 0.3) is 0 Å². The van der Waals surface area contributed by atoms with Crippen LogP contribution in [0.4, 0.5) is 5.95 Å². The van der Waals surface area contributed by atoms with Crippen molar-refractivity contribution in [3.63, 3.8) is 0 Å².